The number of carbonyl (C=O) groups excluding carboxylic acids is 2. The van der Waals surface area contributed by atoms with Crippen LogP contribution in [0.3, 0.4) is 0 Å². The van der Waals surface area contributed by atoms with E-state index in [1.807, 2.05) is 6.07 Å². The van der Waals surface area contributed by atoms with Gasteiger partial charge in [-0.1, -0.05) is 12.1 Å². The lowest BCUT2D eigenvalue weighted by atomic mass is 10.3. The van der Waals surface area contributed by atoms with Crippen LogP contribution >= 0.6 is 0 Å². The van der Waals surface area contributed by atoms with Gasteiger partial charge in [0, 0.05) is 5.69 Å². The topological polar surface area (TPSA) is 90.4 Å². The molecule has 1 aromatic heterocycles. The number of hydrogen-bond acceptors (Lipinski definition) is 6. The minimum absolute atomic E-state index is 0.0518. The standard InChI is InChI=1S/C18H15N3O4/c1-24-13-8-6-12(7-9-13)20-17(22)11-25-18(23)16-10-19-14-4-2-3-5-15(14)21-16/h2-10H,11H2,1H3,(H,20,22). The van der Waals surface area contributed by atoms with E-state index in [2.05, 4.69) is 15.3 Å². The Balaban J connectivity index is 1.57. The highest BCUT2D eigenvalue weighted by Crippen LogP contribution is 2.15. The van der Waals surface area contributed by atoms with Gasteiger partial charge < -0.3 is 14.8 Å². The van der Waals surface area contributed by atoms with E-state index in [9.17, 15) is 9.59 Å². The SMILES string of the molecule is COc1ccc(NC(=O)COC(=O)c2cnc3ccccc3n2)cc1. The molecular formula is C18H15N3O4. The molecule has 0 aliphatic carbocycles. The molecule has 3 aromatic rings. The van der Waals surface area contributed by atoms with E-state index < -0.39 is 18.5 Å². The van der Waals surface area contributed by atoms with Gasteiger partial charge in [-0.05, 0) is 36.4 Å². The lowest BCUT2D eigenvalue weighted by molar-refractivity contribution is -0.119. The van der Waals surface area contributed by atoms with Crippen LogP contribution in [0.25, 0.3) is 11.0 Å². The van der Waals surface area contributed by atoms with Gasteiger partial charge in [0.1, 0.15) is 5.75 Å². The second-order valence-electron chi connectivity index (χ2n) is 5.10. The van der Waals surface area contributed by atoms with Gasteiger partial charge in [0.2, 0.25) is 0 Å². The smallest absolute Gasteiger partial charge is 0.359 e. The van der Waals surface area contributed by atoms with Crippen LogP contribution in [0.2, 0.25) is 0 Å². The fourth-order valence-corrected chi connectivity index (χ4v) is 2.13. The van der Waals surface area contributed by atoms with Crippen LogP contribution in [0.5, 0.6) is 5.75 Å². The first-order valence-corrected chi connectivity index (χ1v) is 7.48. The quantitative estimate of drug-likeness (QED) is 0.719. The zero-order chi connectivity index (χ0) is 17.6. The number of esters is 1. The highest BCUT2D eigenvalue weighted by Gasteiger charge is 2.13. The summed E-state index contributed by atoms with van der Waals surface area (Å²) in [5.41, 5.74) is 1.89. The number of aromatic nitrogens is 2. The van der Waals surface area contributed by atoms with Crippen LogP contribution in [0, 0.1) is 0 Å². The molecule has 126 valence electrons. The van der Waals surface area contributed by atoms with E-state index in [0.29, 0.717) is 22.5 Å². The molecule has 0 radical (unpaired) electrons. The second kappa shape index (κ2) is 7.39. The van der Waals surface area contributed by atoms with E-state index in [0.717, 1.165) is 0 Å². The highest BCUT2D eigenvalue weighted by molar-refractivity contribution is 5.95. The number of para-hydroxylation sites is 2. The van der Waals surface area contributed by atoms with Gasteiger partial charge in [0.15, 0.2) is 12.3 Å². The van der Waals surface area contributed by atoms with Crippen LogP contribution < -0.4 is 10.1 Å². The molecule has 1 amide bonds. The van der Waals surface area contributed by atoms with Crippen molar-refractivity contribution in [3.8, 4) is 5.75 Å². The number of rotatable bonds is 5. The number of nitrogens with one attached hydrogen (secondary N) is 1. The van der Waals surface area contributed by atoms with Crippen LogP contribution in [-0.2, 0) is 9.53 Å². The summed E-state index contributed by atoms with van der Waals surface area (Å²) in [6.07, 6.45) is 1.33. The highest BCUT2D eigenvalue weighted by atomic mass is 16.5. The average Bonchev–Trinajstić information content (AvgIpc) is 2.66. The summed E-state index contributed by atoms with van der Waals surface area (Å²) in [6, 6.07) is 14.0. The van der Waals surface area contributed by atoms with Crippen molar-refractivity contribution in [3.05, 3.63) is 60.4 Å². The molecule has 2 aromatic carbocycles. The Bertz CT molecular complexity index is 910. The maximum Gasteiger partial charge on any atom is 0.359 e. The van der Waals surface area contributed by atoms with Gasteiger partial charge >= 0.3 is 5.97 Å². The normalized spacial score (nSPS) is 10.3. The van der Waals surface area contributed by atoms with Gasteiger partial charge in [0.05, 0.1) is 24.3 Å². The third kappa shape index (κ3) is 4.08. The fourth-order valence-electron chi connectivity index (χ4n) is 2.13. The van der Waals surface area contributed by atoms with Gasteiger partial charge in [-0.15, -0.1) is 0 Å². The number of benzene rings is 2. The first-order chi connectivity index (χ1) is 12.2. The summed E-state index contributed by atoms with van der Waals surface area (Å²) in [4.78, 5) is 32.2. The van der Waals surface area contributed by atoms with Crippen molar-refractivity contribution < 1.29 is 19.1 Å². The number of amides is 1. The van der Waals surface area contributed by atoms with E-state index >= 15 is 0 Å². The van der Waals surface area contributed by atoms with Crippen molar-refractivity contribution in [2.75, 3.05) is 19.0 Å². The summed E-state index contributed by atoms with van der Waals surface area (Å²) in [5.74, 6) is -0.477. The number of ether oxygens (including phenoxy) is 2. The molecule has 0 aliphatic heterocycles. The third-order valence-electron chi connectivity index (χ3n) is 3.37. The van der Waals surface area contributed by atoms with Crippen LogP contribution in [0.1, 0.15) is 10.5 Å². The lowest BCUT2D eigenvalue weighted by Crippen LogP contribution is -2.21. The van der Waals surface area contributed by atoms with Crippen LogP contribution in [-0.4, -0.2) is 35.6 Å². The van der Waals surface area contributed by atoms with E-state index in [1.54, 1.807) is 49.6 Å². The van der Waals surface area contributed by atoms with Crippen molar-refractivity contribution in [2.24, 2.45) is 0 Å². The Morgan fingerprint density at radius 3 is 2.48 bits per heavy atom. The zero-order valence-corrected chi connectivity index (χ0v) is 13.4. The second-order valence-corrected chi connectivity index (χ2v) is 5.10. The number of anilines is 1. The average molecular weight is 337 g/mol. The summed E-state index contributed by atoms with van der Waals surface area (Å²) in [5, 5.41) is 2.62. The van der Waals surface area contributed by atoms with Gasteiger partial charge in [-0.3, -0.25) is 9.78 Å². The minimum atomic E-state index is -0.705. The number of fused-ring (bicyclic) bond motifs is 1. The van der Waals surface area contributed by atoms with Crippen molar-refractivity contribution in [1.82, 2.24) is 9.97 Å². The van der Waals surface area contributed by atoms with Gasteiger partial charge in [-0.2, -0.15) is 0 Å². The predicted octanol–water partition coefficient (Wildman–Crippen LogP) is 2.43. The third-order valence-corrected chi connectivity index (χ3v) is 3.37. The molecule has 0 aliphatic rings. The molecule has 1 N–H and O–H groups in total. The Labute approximate surface area is 143 Å². The lowest BCUT2D eigenvalue weighted by Gasteiger charge is -2.07. The molecule has 25 heavy (non-hydrogen) atoms. The summed E-state index contributed by atoms with van der Waals surface area (Å²) < 4.78 is 10.0. The number of nitrogens with zero attached hydrogens (tertiary/aromatic N) is 2. The molecule has 0 bridgehead atoms. The molecule has 0 saturated carbocycles. The van der Waals surface area contributed by atoms with E-state index in [-0.39, 0.29) is 5.69 Å². The Hall–Kier alpha value is -3.48. The summed E-state index contributed by atoms with van der Waals surface area (Å²) in [7, 11) is 1.56. The first-order valence-electron chi connectivity index (χ1n) is 7.48. The maximum absolute atomic E-state index is 12.0. The fraction of sp³-hybridized carbons (Fsp3) is 0.111. The van der Waals surface area contributed by atoms with Crippen molar-refractivity contribution in [1.29, 1.82) is 0 Å². The number of hydrogen-bond donors (Lipinski definition) is 1. The maximum atomic E-state index is 12.0. The van der Waals surface area contributed by atoms with Crippen molar-refractivity contribution in [2.45, 2.75) is 0 Å². The Morgan fingerprint density at radius 2 is 1.76 bits per heavy atom. The number of methoxy groups -OCH3 is 1. The molecule has 7 heteroatoms. The molecular weight excluding hydrogens is 322 g/mol. The van der Waals surface area contributed by atoms with Crippen LogP contribution in [0.15, 0.2) is 54.7 Å². The number of carbonyl (C=O) groups is 2. The largest absolute Gasteiger partial charge is 0.497 e. The zero-order valence-electron chi connectivity index (χ0n) is 13.4. The first kappa shape index (κ1) is 16.4. The molecule has 3 rings (SSSR count). The molecule has 7 nitrogen and oxygen atoms in total. The monoisotopic (exact) mass is 337 g/mol. The molecule has 0 fully saturated rings. The van der Waals surface area contributed by atoms with Crippen molar-refractivity contribution >= 4 is 28.6 Å². The Kier molecular flexibility index (Phi) is 4.84. The van der Waals surface area contributed by atoms with E-state index in [1.165, 1.54) is 6.20 Å². The minimum Gasteiger partial charge on any atom is -0.497 e. The molecule has 0 atom stereocenters. The Morgan fingerprint density at radius 1 is 1.04 bits per heavy atom. The van der Waals surface area contributed by atoms with Crippen LogP contribution in [0.4, 0.5) is 5.69 Å². The van der Waals surface area contributed by atoms with Crippen molar-refractivity contribution in [3.63, 3.8) is 0 Å². The van der Waals surface area contributed by atoms with Gasteiger partial charge in [0.25, 0.3) is 5.91 Å². The summed E-state index contributed by atoms with van der Waals surface area (Å²) in [6.45, 7) is -0.417. The van der Waals surface area contributed by atoms with E-state index in [4.69, 9.17) is 9.47 Å². The molecule has 1 heterocycles. The van der Waals surface area contributed by atoms with Gasteiger partial charge in [-0.25, -0.2) is 9.78 Å². The molecule has 0 unspecified atom stereocenters. The molecule has 0 spiro atoms. The molecule has 0 saturated heterocycles. The summed E-state index contributed by atoms with van der Waals surface area (Å²) >= 11 is 0. The predicted molar refractivity (Wildman–Crippen MR) is 91.4 cm³/mol.